The number of amides is 3. The second kappa shape index (κ2) is 11.3. The van der Waals surface area contributed by atoms with E-state index >= 15 is 0 Å². The van der Waals surface area contributed by atoms with Gasteiger partial charge in [-0.3, -0.25) is 9.78 Å². The first kappa shape index (κ1) is 29.2. The molecule has 39 heavy (non-hydrogen) atoms. The van der Waals surface area contributed by atoms with Crippen molar-refractivity contribution < 1.29 is 32.4 Å². The van der Waals surface area contributed by atoms with Gasteiger partial charge in [0.05, 0.1) is 10.7 Å². The predicted octanol–water partition coefficient (Wildman–Crippen LogP) is 5.45. The van der Waals surface area contributed by atoms with Crippen LogP contribution in [0.25, 0.3) is 0 Å². The zero-order valence-electron chi connectivity index (χ0n) is 21.6. The minimum absolute atomic E-state index is 0.0518. The highest BCUT2D eigenvalue weighted by molar-refractivity contribution is 7.99. The molecule has 13 heteroatoms. The van der Waals surface area contributed by atoms with Gasteiger partial charge in [-0.25, -0.2) is 14.5 Å². The summed E-state index contributed by atoms with van der Waals surface area (Å²) in [7, 11) is 2.10. The highest BCUT2D eigenvalue weighted by Gasteiger charge is 2.57. The first-order chi connectivity index (χ1) is 18.3. The summed E-state index contributed by atoms with van der Waals surface area (Å²) in [6, 6.07) is 5.40. The number of benzene rings is 1. The van der Waals surface area contributed by atoms with E-state index in [9.17, 15) is 27.6 Å². The number of likely N-dealkylation sites (tertiary alicyclic amines) is 1. The molecule has 0 saturated carbocycles. The van der Waals surface area contributed by atoms with Crippen molar-refractivity contribution in [2.24, 2.45) is 0 Å². The summed E-state index contributed by atoms with van der Waals surface area (Å²) in [6.45, 7) is 4.20. The number of aromatic nitrogens is 1. The molecular weight excluding hydrogens is 557 g/mol. The fourth-order valence-electron chi connectivity index (χ4n) is 4.93. The lowest BCUT2D eigenvalue weighted by Crippen LogP contribution is -2.50. The van der Waals surface area contributed by atoms with Crippen LogP contribution in [0.15, 0.2) is 47.6 Å². The van der Waals surface area contributed by atoms with Crippen molar-refractivity contribution in [3.05, 3.63) is 53.3 Å². The maximum Gasteiger partial charge on any atom is 0.493 e. The normalized spacial score (nSPS) is 20.7. The monoisotopic (exact) mass is 584 g/mol. The number of hydroxylamine groups is 2. The molecule has 2 unspecified atom stereocenters. The molecule has 2 aliphatic rings. The molecule has 210 valence electrons. The Balaban J connectivity index is 1.60. The van der Waals surface area contributed by atoms with Crippen molar-refractivity contribution in [1.82, 2.24) is 14.9 Å². The number of imide groups is 1. The zero-order valence-corrected chi connectivity index (χ0v) is 23.1. The van der Waals surface area contributed by atoms with Crippen molar-refractivity contribution in [3.8, 4) is 0 Å². The first-order valence-corrected chi connectivity index (χ1v) is 13.7. The summed E-state index contributed by atoms with van der Waals surface area (Å²) >= 11 is 8.04. The van der Waals surface area contributed by atoms with Gasteiger partial charge in [0, 0.05) is 28.7 Å². The van der Waals surface area contributed by atoms with Gasteiger partial charge in [-0.15, -0.1) is 16.8 Å². The maximum atomic E-state index is 13.6. The SMILES string of the molecule is CN1CCCC1CCSc1ccc(N2C(=O)C(C(C)(C)c3ccncc3)N(OC(=O)C(F)(F)F)C2=O)cc1Cl. The molecule has 0 bridgehead atoms. The molecule has 2 saturated heterocycles. The summed E-state index contributed by atoms with van der Waals surface area (Å²) in [6.07, 6.45) is 0.820. The van der Waals surface area contributed by atoms with E-state index in [4.69, 9.17) is 11.6 Å². The van der Waals surface area contributed by atoms with Crippen molar-refractivity contribution in [2.45, 2.75) is 61.7 Å². The van der Waals surface area contributed by atoms with Crippen LogP contribution < -0.4 is 4.90 Å². The molecule has 0 aliphatic carbocycles. The summed E-state index contributed by atoms with van der Waals surface area (Å²) in [4.78, 5) is 50.9. The number of alkyl halides is 3. The third-order valence-electron chi connectivity index (χ3n) is 7.14. The Labute approximate surface area is 233 Å². The molecule has 2 fully saturated rings. The van der Waals surface area contributed by atoms with E-state index in [0.717, 1.165) is 30.0 Å². The van der Waals surface area contributed by atoms with Gasteiger partial charge < -0.3 is 9.74 Å². The van der Waals surface area contributed by atoms with Crippen LogP contribution in [0.1, 0.15) is 38.7 Å². The molecule has 3 amide bonds. The van der Waals surface area contributed by atoms with E-state index in [2.05, 4.69) is 21.8 Å². The fraction of sp³-hybridized carbons (Fsp3) is 0.462. The van der Waals surface area contributed by atoms with Crippen LogP contribution in [-0.4, -0.2) is 70.5 Å². The number of urea groups is 1. The Morgan fingerprint density at radius 2 is 1.87 bits per heavy atom. The highest BCUT2D eigenvalue weighted by atomic mass is 35.5. The zero-order chi connectivity index (χ0) is 28.5. The molecule has 0 radical (unpaired) electrons. The average Bonchev–Trinajstić information content (AvgIpc) is 3.39. The van der Waals surface area contributed by atoms with Gasteiger partial charge in [0.25, 0.3) is 5.91 Å². The summed E-state index contributed by atoms with van der Waals surface area (Å²) in [5.74, 6) is -2.66. The van der Waals surface area contributed by atoms with Crippen LogP contribution in [0, 0.1) is 0 Å². The third-order valence-corrected chi connectivity index (χ3v) is 8.67. The van der Waals surface area contributed by atoms with Crippen molar-refractivity contribution in [2.75, 3.05) is 24.2 Å². The molecule has 2 atom stereocenters. The van der Waals surface area contributed by atoms with Gasteiger partial charge in [-0.05, 0) is 74.5 Å². The van der Waals surface area contributed by atoms with Gasteiger partial charge >= 0.3 is 18.2 Å². The van der Waals surface area contributed by atoms with E-state index in [-0.39, 0.29) is 15.8 Å². The smallest absolute Gasteiger partial charge is 0.327 e. The molecule has 8 nitrogen and oxygen atoms in total. The quantitative estimate of drug-likeness (QED) is 0.301. The van der Waals surface area contributed by atoms with Crippen LogP contribution in [0.5, 0.6) is 0 Å². The highest BCUT2D eigenvalue weighted by Crippen LogP contribution is 2.40. The van der Waals surface area contributed by atoms with Crippen LogP contribution >= 0.6 is 23.4 Å². The maximum absolute atomic E-state index is 13.6. The van der Waals surface area contributed by atoms with Crippen molar-refractivity contribution in [1.29, 1.82) is 0 Å². The Morgan fingerprint density at radius 1 is 1.18 bits per heavy atom. The van der Waals surface area contributed by atoms with Gasteiger partial charge in [0.15, 0.2) is 6.04 Å². The molecule has 3 heterocycles. The van der Waals surface area contributed by atoms with E-state index in [0.29, 0.717) is 16.5 Å². The number of thioether (sulfide) groups is 1. The van der Waals surface area contributed by atoms with Gasteiger partial charge in [0.2, 0.25) is 0 Å². The van der Waals surface area contributed by atoms with Gasteiger partial charge in [0.1, 0.15) is 0 Å². The second-order valence-electron chi connectivity index (χ2n) is 10.0. The number of nitrogens with zero attached hydrogens (tertiary/aromatic N) is 4. The van der Waals surface area contributed by atoms with Crippen LogP contribution in [0.2, 0.25) is 5.02 Å². The molecule has 0 N–H and O–H groups in total. The van der Waals surface area contributed by atoms with Gasteiger partial charge in [-0.1, -0.05) is 25.4 Å². The van der Waals surface area contributed by atoms with E-state index in [1.807, 2.05) is 0 Å². The van der Waals surface area contributed by atoms with Crippen molar-refractivity contribution >= 4 is 47.0 Å². The molecule has 1 aromatic carbocycles. The fourth-order valence-corrected chi connectivity index (χ4v) is 6.24. The van der Waals surface area contributed by atoms with Crippen molar-refractivity contribution in [3.63, 3.8) is 0 Å². The lowest BCUT2D eigenvalue weighted by atomic mass is 9.78. The number of pyridine rings is 1. The summed E-state index contributed by atoms with van der Waals surface area (Å²) in [5.41, 5.74) is -0.712. The topological polar surface area (TPSA) is 83.0 Å². The number of halogens is 4. The predicted molar refractivity (Wildman–Crippen MR) is 140 cm³/mol. The lowest BCUT2D eigenvalue weighted by molar-refractivity contribution is -0.232. The number of rotatable bonds is 8. The first-order valence-electron chi connectivity index (χ1n) is 12.3. The number of anilines is 1. The number of carbonyl (C=O) groups is 3. The molecule has 2 aromatic rings. The largest absolute Gasteiger partial charge is 0.493 e. The molecular formula is C26H28ClF3N4O4S. The second-order valence-corrected chi connectivity index (χ2v) is 11.6. The Kier molecular flexibility index (Phi) is 8.48. The van der Waals surface area contributed by atoms with Crippen LogP contribution in [0.3, 0.4) is 0 Å². The minimum atomic E-state index is -5.38. The number of carbonyl (C=O) groups excluding carboxylic acids is 3. The molecule has 2 aliphatic heterocycles. The van der Waals surface area contributed by atoms with E-state index in [1.54, 1.807) is 43.8 Å². The number of hydrogen-bond donors (Lipinski definition) is 0. The Morgan fingerprint density at radius 3 is 2.46 bits per heavy atom. The molecule has 0 spiro atoms. The van der Waals surface area contributed by atoms with E-state index < -0.39 is 35.5 Å². The van der Waals surface area contributed by atoms with Gasteiger partial charge in [-0.2, -0.15) is 13.2 Å². The standard InChI is InChI=1S/C26H28ClF3N4O4S/c1-25(2,16-8-11-31-12-9-16)21-22(35)33(24(37)34(21)38-23(36)26(28,29)30)18-6-7-20(19(27)15-18)39-14-10-17-5-4-13-32(17)3/h6-9,11-12,15,17,21H,4-5,10,13-14H2,1-3H3. The summed E-state index contributed by atoms with van der Waals surface area (Å²) in [5, 5.41) is 0.487. The van der Waals surface area contributed by atoms with Crippen LogP contribution in [0.4, 0.5) is 23.7 Å². The third kappa shape index (κ3) is 6.02. The lowest BCUT2D eigenvalue weighted by Gasteiger charge is -2.33. The minimum Gasteiger partial charge on any atom is -0.327 e. The van der Waals surface area contributed by atoms with E-state index in [1.165, 1.54) is 30.9 Å². The Bertz CT molecular complexity index is 1250. The average molecular weight is 585 g/mol. The molecule has 1 aromatic heterocycles. The summed E-state index contributed by atoms with van der Waals surface area (Å²) < 4.78 is 39.2. The Hall–Kier alpha value is -2.83. The molecule has 4 rings (SSSR count). The van der Waals surface area contributed by atoms with Crippen LogP contribution in [-0.2, 0) is 19.8 Å². The number of hydrogen-bond acceptors (Lipinski definition) is 7.